The molecule has 3 fully saturated rings. The lowest BCUT2D eigenvalue weighted by Crippen LogP contribution is -2.51. The monoisotopic (exact) mass is 819 g/mol. The number of amides is 1. The van der Waals surface area contributed by atoms with Gasteiger partial charge >= 0.3 is 11.9 Å². The molecular weight excluding hydrogens is 749 g/mol. The number of esters is 2. The van der Waals surface area contributed by atoms with Gasteiger partial charge in [0.2, 0.25) is 0 Å². The Morgan fingerprint density at radius 2 is 1.57 bits per heavy atom. The van der Waals surface area contributed by atoms with Crippen LogP contribution in [0.4, 0.5) is 0 Å². The molecule has 0 saturated heterocycles. The molecule has 4 aliphatic carbocycles. The predicted octanol–water partition coefficient (Wildman–Crippen LogP) is 11.2. The first kappa shape index (κ1) is 44.1. The molecule has 3 aromatic carbocycles. The summed E-state index contributed by atoms with van der Waals surface area (Å²) in [5, 5.41) is 11.3. The molecule has 2 N–H and O–H groups in total. The van der Waals surface area contributed by atoms with E-state index in [1.54, 1.807) is 17.6 Å². The molecule has 0 bridgehead atoms. The van der Waals surface area contributed by atoms with Crippen LogP contribution in [-0.4, -0.2) is 47.2 Å². The van der Waals surface area contributed by atoms with E-state index in [0.717, 1.165) is 71.3 Å². The lowest BCUT2D eigenvalue weighted by atomic mass is 9.47. The van der Waals surface area contributed by atoms with Gasteiger partial charge in [-0.1, -0.05) is 114 Å². The van der Waals surface area contributed by atoms with Crippen molar-refractivity contribution in [2.45, 2.75) is 137 Å². The highest BCUT2D eigenvalue weighted by Crippen LogP contribution is 2.67. The number of benzene rings is 3. The van der Waals surface area contributed by atoms with Crippen LogP contribution in [0.25, 0.3) is 10.8 Å². The first-order chi connectivity index (χ1) is 28.9. The van der Waals surface area contributed by atoms with E-state index in [-0.39, 0.29) is 36.9 Å². The van der Waals surface area contributed by atoms with Gasteiger partial charge in [0.15, 0.2) is 0 Å². The highest BCUT2D eigenvalue weighted by Gasteiger charge is 2.59. The van der Waals surface area contributed by atoms with E-state index in [1.165, 1.54) is 62.3 Å². The summed E-state index contributed by atoms with van der Waals surface area (Å²) in [6, 6.07) is 21.7. The van der Waals surface area contributed by atoms with E-state index in [2.05, 4.69) is 75.9 Å². The van der Waals surface area contributed by atoms with Gasteiger partial charge < -0.3 is 9.47 Å². The summed E-state index contributed by atoms with van der Waals surface area (Å²) in [5.74, 6) is 3.51. The summed E-state index contributed by atoms with van der Waals surface area (Å²) in [7, 11) is 0. The van der Waals surface area contributed by atoms with Gasteiger partial charge in [0, 0.05) is 31.6 Å². The Bertz CT molecular complexity index is 1990. The molecule has 8 heteroatoms. The zero-order valence-electron chi connectivity index (χ0n) is 36.9. The van der Waals surface area contributed by atoms with Crippen LogP contribution in [0.3, 0.4) is 0 Å². The number of hydroxylamine groups is 1. The normalized spacial score (nSPS) is 27.7. The number of carbonyl (C=O) groups excluding carboxylic acids is 3. The van der Waals surface area contributed by atoms with E-state index in [4.69, 9.17) is 14.7 Å². The second kappa shape index (κ2) is 19.4. The number of nitrogens with one attached hydrogen (secondary N) is 1. The average molecular weight is 819 g/mol. The molecule has 8 nitrogen and oxygen atoms in total. The van der Waals surface area contributed by atoms with Crippen molar-refractivity contribution in [3.8, 4) is 0 Å². The van der Waals surface area contributed by atoms with Crippen molar-refractivity contribution >= 4 is 28.6 Å². The van der Waals surface area contributed by atoms with Gasteiger partial charge in [-0.3, -0.25) is 24.5 Å². The molecule has 8 atom stereocenters. The van der Waals surface area contributed by atoms with Gasteiger partial charge in [-0.2, -0.15) is 0 Å². The van der Waals surface area contributed by atoms with E-state index < -0.39 is 11.9 Å². The van der Waals surface area contributed by atoms with Crippen molar-refractivity contribution < 1.29 is 29.1 Å². The Balaban J connectivity index is 0.878. The molecule has 0 aliphatic heterocycles. The van der Waals surface area contributed by atoms with Crippen LogP contribution >= 0.6 is 0 Å². The predicted molar refractivity (Wildman–Crippen MR) is 237 cm³/mol. The summed E-state index contributed by atoms with van der Waals surface area (Å²) >= 11 is 0. The standard InChI is InChI=1S/C52H70N2O6/c1-35(2)9-8-10-36(3)45-21-22-46-44-20-19-42-32-43(25-27-51(42,4)47(44)26-28-52(45,46)5)60-49(56)24-23-48(55)59-30-29-54(33-37-13-17-40(18-14-37)50(57)53-58)34-38-15-16-39-11-6-7-12-41(39)31-38/h6-7,11-19,31,35-36,43-47,58H,8-10,20-30,32-34H2,1-5H3,(H,53,57)/t36-,43?,44+,45-,46+,47+,51+,52-/m1/s1. The number of nitrogens with zero attached hydrogens (tertiary/aromatic N) is 1. The Hall–Kier alpha value is -4.01. The second-order valence-electron chi connectivity index (χ2n) is 19.9. The molecule has 7 rings (SSSR count). The van der Waals surface area contributed by atoms with Gasteiger partial charge in [-0.25, -0.2) is 5.48 Å². The molecule has 1 unspecified atom stereocenters. The van der Waals surface area contributed by atoms with Crippen molar-refractivity contribution in [1.82, 2.24) is 10.4 Å². The Labute approximate surface area is 358 Å². The number of hydrogen-bond donors (Lipinski definition) is 2. The molecule has 4 aliphatic rings. The van der Waals surface area contributed by atoms with E-state index >= 15 is 0 Å². The Morgan fingerprint density at radius 3 is 2.33 bits per heavy atom. The third-order valence-corrected chi connectivity index (χ3v) is 15.7. The highest BCUT2D eigenvalue weighted by molar-refractivity contribution is 5.93. The number of hydrogen-bond acceptors (Lipinski definition) is 7. The number of allylic oxidation sites excluding steroid dienone is 1. The molecule has 0 heterocycles. The lowest BCUT2D eigenvalue weighted by Gasteiger charge is -2.58. The maximum Gasteiger partial charge on any atom is 0.306 e. The zero-order chi connectivity index (χ0) is 42.4. The minimum atomic E-state index is -0.562. The molecule has 0 radical (unpaired) electrons. The van der Waals surface area contributed by atoms with Gasteiger partial charge in [0.1, 0.15) is 12.7 Å². The zero-order valence-corrected chi connectivity index (χ0v) is 36.9. The van der Waals surface area contributed by atoms with Crippen LogP contribution in [0.1, 0.15) is 140 Å². The van der Waals surface area contributed by atoms with Crippen molar-refractivity contribution in [2.24, 2.45) is 46.3 Å². The molecule has 324 valence electrons. The van der Waals surface area contributed by atoms with Crippen molar-refractivity contribution in [3.05, 3.63) is 95.1 Å². The van der Waals surface area contributed by atoms with Crippen LogP contribution in [0.5, 0.6) is 0 Å². The largest absolute Gasteiger partial charge is 0.464 e. The molecule has 1 amide bonds. The van der Waals surface area contributed by atoms with Crippen LogP contribution in [0.15, 0.2) is 78.4 Å². The summed E-state index contributed by atoms with van der Waals surface area (Å²) in [5.41, 5.74) is 6.32. The van der Waals surface area contributed by atoms with Crippen molar-refractivity contribution in [2.75, 3.05) is 13.2 Å². The van der Waals surface area contributed by atoms with E-state index in [9.17, 15) is 14.4 Å². The first-order valence-electron chi connectivity index (χ1n) is 23.1. The third kappa shape index (κ3) is 10.0. The quantitative estimate of drug-likeness (QED) is 0.0605. The van der Waals surface area contributed by atoms with Crippen LogP contribution < -0.4 is 5.48 Å². The van der Waals surface area contributed by atoms with Gasteiger partial charge in [0.05, 0.1) is 12.8 Å². The van der Waals surface area contributed by atoms with Gasteiger partial charge in [0.25, 0.3) is 5.91 Å². The minimum absolute atomic E-state index is 0.00767. The number of ether oxygens (including phenoxy) is 2. The summed E-state index contributed by atoms with van der Waals surface area (Å²) < 4.78 is 11.7. The SMILES string of the molecule is CC(C)CCC[C@@H](C)[C@H]1CC[C@H]2[C@@H]3CC=C4CC(OC(=O)CCC(=O)OCCN(Cc5ccc(C(=O)NO)cc5)Cc5ccc6ccccc6c5)CC[C@]4(C)[C@H]3CC[C@]12C. The number of rotatable bonds is 17. The van der Waals surface area contributed by atoms with Gasteiger partial charge in [-0.15, -0.1) is 0 Å². The topological polar surface area (TPSA) is 105 Å². The van der Waals surface area contributed by atoms with E-state index in [0.29, 0.717) is 30.6 Å². The fourth-order valence-corrected chi connectivity index (χ4v) is 12.5. The third-order valence-electron chi connectivity index (χ3n) is 15.7. The van der Waals surface area contributed by atoms with Gasteiger partial charge in [-0.05, 0) is 131 Å². The van der Waals surface area contributed by atoms with Crippen LogP contribution in [-0.2, 0) is 32.2 Å². The second-order valence-corrected chi connectivity index (χ2v) is 19.9. The molecule has 60 heavy (non-hydrogen) atoms. The first-order valence-corrected chi connectivity index (χ1v) is 23.1. The molecule has 0 aromatic heterocycles. The Morgan fingerprint density at radius 1 is 0.833 bits per heavy atom. The fourth-order valence-electron chi connectivity index (χ4n) is 12.5. The minimum Gasteiger partial charge on any atom is -0.464 e. The smallest absolute Gasteiger partial charge is 0.306 e. The Kier molecular flexibility index (Phi) is 14.2. The molecule has 3 aromatic rings. The lowest BCUT2D eigenvalue weighted by molar-refractivity contribution is -0.155. The van der Waals surface area contributed by atoms with Crippen molar-refractivity contribution in [1.29, 1.82) is 0 Å². The van der Waals surface area contributed by atoms with E-state index in [1.807, 2.05) is 24.3 Å². The molecule has 0 spiro atoms. The maximum absolute atomic E-state index is 13.1. The summed E-state index contributed by atoms with van der Waals surface area (Å²) in [6.07, 6.45) is 16.0. The van der Waals surface area contributed by atoms with Crippen LogP contribution in [0, 0.1) is 46.3 Å². The van der Waals surface area contributed by atoms with Crippen LogP contribution in [0.2, 0.25) is 0 Å². The summed E-state index contributed by atoms with van der Waals surface area (Å²) in [4.78, 5) is 40.0. The highest BCUT2D eigenvalue weighted by atomic mass is 16.5. The molecule has 3 saturated carbocycles. The summed E-state index contributed by atoms with van der Waals surface area (Å²) in [6.45, 7) is 14.3. The average Bonchev–Trinajstić information content (AvgIpc) is 3.60. The molecular formula is C52H70N2O6. The van der Waals surface area contributed by atoms with Crippen molar-refractivity contribution in [3.63, 3.8) is 0 Å². The number of fused-ring (bicyclic) bond motifs is 6. The number of carbonyl (C=O) groups is 3. The fraction of sp³-hybridized carbons (Fsp3) is 0.596. The maximum atomic E-state index is 13.1.